The maximum absolute atomic E-state index is 12.0. The molecule has 6 heteroatoms. The van der Waals surface area contributed by atoms with Gasteiger partial charge in [0.15, 0.2) is 5.76 Å². The predicted octanol–water partition coefficient (Wildman–Crippen LogP) is 3.86. The van der Waals surface area contributed by atoms with Crippen LogP contribution in [0.5, 0.6) is 5.75 Å². The van der Waals surface area contributed by atoms with Crippen molar-refractivity contribution >= 4 is 17.5 Å². The molecule has 3 aromatic rings. The van der Waals surface area contributed by atoms with Crippen molar-refractivity contribution in [3.63, 3.8) is 0 Å². The highest BCUT2D eigenvalue weighted by Crippen LogP contribution is 2.23. The van der Waals surface area contributed by atoms with Crippen molar-refractivity contribution in [2.45, 2.75) is 13.0 Å². The molecule has 3 rings (SSSR count). The fourth-order valence-electron chi connectivity index (χ4n) is 2.33. The van der Waals surface area contributed by atoms with Gasteiger partial charge in [0.25, 0.3) is 0 Å². The average molecular weight is 357 g/mol. The number of methoxy groups -OCH3 is 1. The topological polar surface area (TPSA) is 64.4 Å². The molecule has 1 amide bonds. The van der Waals surface area contributed by atoms with Crippen molar-refractivity contribution < 1.29 is 14.1 Å². The molecule has 1 N–H and O–H groups in total. The molecule has 0 saturated carbocycles. The largest absolute Gasteiger partial charge is 0.497 e. The van der Waals surface area contributed by atoms with Crippen molar-refractivity contribution in [1.82, 2.24) is 10.5 Å². The first-order chi connectivity index (χ1) is 12.1. The van der Waals surface area contributed by atoms with E-state index in [9.17, 15) is 4.79 Å². The quantitative estimate of drug-likeness (QED) is 0.728. The predicted molar refractivity (Wildman–Crippen MR) is 95.5 cm³/mol. The number of carbonyl (C=O) groups is 1. The van der Waals surface area contributed by atoms with E-state index in [1.165, 1.54) is 0 Å². The summed E-state index contributed by atoms with van der Waals surface area (Å²) in [5, 5.41) is 7.47. The zero-order valence-corrected chi connectivity index (χ0v) is 14.4. The van der Waals surface area contributed by atoms with Crippen LogP contribution in [0.2, 0.25) is 5.02 Å². The summed E-state index contributed by atoms with van der Waals surface area (Å²) in [6, 6.07) is 16.5. The summed E-state index contributed by atoms with van der Waals surface area (Å²) in [5.41, 5.74) is 2.46. The van der Waals surface area contributed by atoms with Gasteiger partial charge >= 0.3 is 0 Å². The maximum atomic E-state index is 12.0. The third-order valence-electron chi connectivity index (χ3n) is 3.68. The Morgan fingerprint density at radius 2 is 1.88 bits per heavy atom. The van der Waals surface area contributed by atoms with Crippen molar-refractivity contribution in [1.29, 1.82) is 0 Å². The van der Waals surface area contributed by atoms with Gasteiger partial charge in [0.05, 0.1) is 20.1 Å². The molecule has 0 aliphatic rings. The monoisotopic (exact) mass is 356 g/mol. The van der Waals surface area contributed by atoms with Gasteiger partial charge in [-0.3, -0.25) is 4.79 Å². The summed E-state index contributed by atoms with van der Waals surface area (Å²) in [4.78, 5) is 12.0. The van der Waals surface area contributed by atoms with E-state index in [0.29, 0.717) is 29.4 Å². The average Bonchev–Trinajstić information content (AvgIpc) is 3.11. The van der Waals surface area contributed by atoms with Gasteiger partial charge in [-0.25, -0.2) is 0 Å². The number of hydrogen-bond donors (Lipinski definition) is 1. The highest BCUT2D eigenvalue weighted by Gasteiger charge is 2.09. The van der Waals surface area contributed by atoms with E-state index in [1.54, 1.807) is 19.2 Å². The van der Waals surface area contributed by atoms with Crippen molar-refractivity contribution in [2.24, 2.45) is 0 Å². The van der Waals surface area contributed by atoms with E-state index >= 15 is 0 Å². The van der Waals surface area contributed by atoms with Gasteiger partial charge in [0.1, 0.15) is 11.4 Å². The van der Waals surface area contributed by atoms with Gasteiger partial charge in [0, 0.05) is 16.7 Å². The van der Waals surface area contributed by atoms with Crippen LogP contribution in [0.4, 0.5) is 0 Å². The number of nitrogens with zero attached hydrogens (tertiary/aromatic N) is 1. The molecule has 2 aromatic carbocycles. The highest BCUT2D eigenvalue weighted by molar-refractivity contribution is 6.30. The van der Waals surface area contributed by atoms with Gasteiger partial charge in [-0.05, 0) is 42.0 Å². The molecule has 1 aromatic heterocycles. The first-order valence-corrected chi connectivity index (χ1v) is 8.13. The summed E-state index contributed by atoms with van der Waals surface area (Å²) in [6.07, 6.45) is 0.292. The van der Waals surface area contributed by atoms with Crippen LogP contribution >= 0.6 is 11.6 Å². The van der Waals surface area contributed by atoms with E-state index in [1.807, 2.05) is 42.5 Å². The molecular weight excluding hydrogens is 340 g/mol. The van der Waals surface area contributed by atoms with Crippen molar-refractivity contribution in [3.8, 4) is 17.1 Å². The SMILES string of the molecule is COc1ccc(-c2cc(CNC(=O)Cc3ccc(Cl)cc3)no2)cc1. The number of hydrogen-bond acceptors (Lipinski definition) is 4. The molecule has 128 valence electrons. The van der Waals surface area contributed by atoms with Crippen LogP contribution in [0.1, 0.15) is 11.3 Å². The second-order valence-electron chi connectivity index (χ2n) is 5.49. The van der Waals surface area contributed by atoms with Crippen molar-refractivity contribution in [2.75, 3.05) is 7.11 Å². The minimum Gasteiger partial charge on any atom is -0.497 e. The summed E-state index contributed by atoms with van der Waals surface area (Å²) < 4.78 is 10.5. The summed E-state index contributed by atoms with van der Waals surface area (Å²) in [5.74, 6) is 1.33. The standard InChI is InChI=1S/C19H17ClN2O3/c1-24-17-8-4-14(5-9-17)18-11-16(22-25-18)12-21-19(23)10-13-2-6-15(20)7-3-13/h2-9,11H,10,12H2,1H3,(H,21,23). The van der Waals surface area contributed by atoms with Crippen molar-refractivity contribution in [3.05, 3.63) is 70.9 Å². The second-order valence-corrected chi connectivity index (χ2v) is 5.93. The Labute approximate surface area is 150 Å². The van der Waals surface area contributed by atoms with Crippen LogP contribution in [-0.4, -0.2) is 18.2 Å². The first kappa shape index (κ1) is 17.0. The maximum Gasteiger partial charge on any atom is 0.224 e. The zero-order chi connectivity index (χ0) is 17.6. The van der Waals surface area contributed by atoms with Crippen LogP contribution in [0.3, 0.4) is 0 Å². The highest BCUT2D eigenvalue weighted by atomic mass is 35.5. The molecule has 1 heterocycles. The molecule has 0 saturated heterocycles. The molecule has 0 bridgehead atoms. The summed E-state index contributed by atoms with van der Waals surface area (Å²) in [7, 11) is 1.62. The first-order valence-electron chi connectivity index (χ1n) is 7.75. The number of halogens is 1. The molecule has 0 aliphatic heterocycles. The Bertz CT molecular complexity index is 842. The van der Waals surface area contributed by atoms with Gasteiger partial charge in [0.2, 0.25) is 5.91 Å². The number of ether oxygens (including phenoxy) is 1. The molecular formula is C19H17ClN2O3. The van der Waals surface area contributed by atoms with Crippen LogP contribution in [0.15, 0.2) is 59.1 Å². The summed E-state index contributed by atoms with van der Waals surface area (Å²) >= 11 is 5.83. The van der Waals surface area contributed by atoms with Crippen LogP contribution in [0, 0.1) is 0 Å². The number of carbonyl (C=O) groups excluding carboxylic acids is 1. The molecule has 0 atom stereocenters. The molecule has 0 fully saturated rings. The fourth-order valence-corrected chi connectivity index (χ4v) is 2.45. The molecule has 5 nitrogen and oxygen atoms in total. The lowest BCUT2D eigenvalue weighted by atomic mass is 10.1. The van der Waals surface area contributed by atoms with E-state index in [2.05, 4.69) is 10.5 Å². The van der Waals surface area contributed by atoms with E-state index in [-0.39, 0.29) is 5.91 Å². The Hall–Kier alpha value is -2.79. The lowest BCUT2D eigenvalue weighted by Gasteiger charge is -2.03. The Kier molecular flexibility index (Phi) is 5.36. The zero-order valence-electron chi connectivity index (χ0n) is 13.7. The summed E-state index contributed by atoms with van der Waals surface area (Å²) in [6.45, 7) is 0.312. The molecule has 0 radical (unpaired) electrons. The van der Waals surface area contributed by atoms with Crippen LogP contribution in [-0.2, 0) is 17.8 Å². The Balaban J connectivity index is 1.55. The number of nitrogens with one attached hydrogen (secondary N) is 1. The van der Waals surface area contributed by atoms with Crippen LogP contribution < -0.4 is 10.1 Å². The molecule has 0 unspecified atom stereocenters. The lowest BCUT2D eigenvalue weighted by molar-refractivity contribution is -0.120. The van der Waals surface area contributed by atoms with Gasteiger partial charge < -0.3 is 14.6 Å². The normalized spacial score (nSPS) is 10.5. The van der Waals surface area contributed by atoms with E-state index in [0.717, 1.165) is 16.9 Å². The Morgan fingerprint density at radius 1 is 1.16 bits per heavy atom. The molecule has 25 heavy (non-hydrogen) atoms. The smallest absolute Gasteiger partial charge is 0.224 e. The number of amides is 1. The number of aromatic nitrogens is 1. The van der Waals surface area contributed by atoms with Gasteiger partial charge in [-0.2, -0.15) is 0 Å². The third kappa shape index (κ3) is 4.61. The lowest BCUT2D eigenvalue weighted by Crippen LogP contribution is -2.24. The second kappa shape index (κ2) is 7.85. The molecule has 0 aliphatic carbocycles. The number of benzene rings is 2. The minimum atomic E-state index is -0.0867. The Morgan fingerprint density at radius 3 is 2.56 bits per heavy atom. The third-order valence-corrected chi connectivity index (χ3v) is 3.93. The number of rotatable bonds is 6. The van der Waals surface area contributed by atoms with E-state index < -0.39 is 0 Å². The molecule has 0 spiro atoms. The van der Waals surface area contributed by atoms with Gasteiger partial charge in [-0.15, -0.1) is 0 Å². The van der Waals surface area contributed by atoms with E-state index in [4.69, 9.17) is 20.9 Å². The van der Waals surface area contributed by atoms with Crippen LogP contribution in [0.25, 0.3) is 11.3 Å². The van der Waals surface area contributed by atoms with Gasteiger partial charge in [-0.1, -0.05) is 28.9 Å². The fraction of sp³-hybridized carbons (Fsp3) is 0.158. The minimum absolute atomic E-state index is 0.0867.